The number of benzene rings is 3. The van der Waals surface area contributed by atoms with Crippen molar-refractivity contribution in [2.24, 2.45) is 0 Å². The van der Waals surface area contributed by atoms with Crippen molar-refractivity contribution in [3.63, 3.8) is 0 Å². The van der Waals surface area contributed by atoms with Gasteiger partial charge < -0.3 is 60.2 Å². The van der Waals surface area contributed by atoms with E-state index in [-0.39, 0.29) is 39.5 Å². The number of phenols is 6. The predicted octanol–water partition coefficient (Wildman–Crippen LogP) is 2.86. The zero-order valence-electron chi connectivity index (χ0n) is 23.9. The van der Waals surface area contributed by atoms with E-state index in [4.69, 9.17) is 18.6 Å². The van der Waals surface area contributed by atoms with E-state index in [0.717, 1.165) is 30.3 Å². The van der Waals surface area contributed by atoms with Gasteiger partial charge in [0, 0.05) is 30.3 Å². The zero-order chi connectivity index (χ0) is 33.7. The number of carbonyl (C=O) groups excluding carboxylic acids is 1. The number of aliphatic hydroxyl groups excluding tert-OH is 3. The van der Waals surface area contributed by atoms with Crippen LogP contribution < -0.4 is 4.74 Å². The Kier molecular flexibility index (Phi) is 10.2. The highest BCUT2D eigenvalue weighted by molar-refractivity contribution is 5.89. The fourth-order valence-corrected chi connectivity index (χ4v) is 4.45. The van der Waals surface area contributed by atoms with E-state index in [2.05, 4.69) is 13.2 Å². The second-order valence-electron chi connectivity index (χ2n) is 9.87. The second kappa shape index (κ2) is 14.0. The molecule has 9 N–H and O–H groups in total. The highest BCUT2D eigenvalue weighted by Gasteiger charge is 2.46. The molecule has 4 aromatic rings. The van der Waals surface area contributed by atoms with Gasteiger partial charge in [-0.15, -0.1) is 13.2 Å². The molecule has 2 heterocycles. The van der Waals surface area contributed by atoms with Crippen molar-refractivity contribution in [2.45, 2.75) is 30.7 Å². The van der Waals surface area contributed by atoms with Gasteiger partial charge in [-0.1, -0.05) is 12.1 Å². The van der Waals surface area contributed by atoms with Crippen molar-refractivity contribution >= 4 is 23.0 Å². The smallest absolute Gasteiger partial charge is 0.402 e. The third kappa shape index (κ3) is 7.22. The summed E-state index contributed by atoms with van der Waals surface area (Å²) in [4.78, 5) is 12.3. The third-order valence-corrected chi connectivity index (χ3v) is 6.75. The second-order valence-corrected chi connectivity index (χ2v) is 9.87. The summed E-state index contributed by atoms with van der Waals surface area (Å²) < 4.78 is 22.4. The molecule has 3 aromatic carbocycles. The maximum absolute atomic E-state index is 12.3. The number of phenolic OH excluding ortho intramolecular Hbond substituents is 6. The molecule has 5 rings (SSSR count). The molecule has 0 aliphatic carbocycles. The molecule has 5 atom stereocenters. The SMILES string of the molecule is C=C.O=C(/C=C/c1ccc(O)cc1)OC[C@H]1OC(Oc2cc3c(O)cc(O)cc3[o+]c2-c2cc(O)c(O)c(O)c2)[C@H](O)[C@@H](O)[C@@H]1O. The van der Waals surface area contributed by atoms with Gasteiger partial charge in [0.1, 0.15) is 53.7 Å². The number of hydrogen-bond donors (Lipinski definition) is 9. The predicted molar refractivity (Wildman–Crippen MR) is 161 cm³/mol. The van der Waals surface area contributed by atoms with Crippen LogP contribution in [0.15, 0.2) is 78.2 Å². The van der Waals surface area contributed by atoms with E-state index < -0.39 is 66.3 Å². The van der Waals surface area contributed by atoms with Crippen molar-refractivity contribution in [1.82, 2.24) is 0 Å². The van der Waals surface area contributed by atoms with Gasteiger partial charge in [0.15, 0.2) is 17.2 Å². The average molecular weight is 640 g/mol. The molecule has 242 valence electrons. The summed E-state index contributed by atoms with van der Waals surface area (Å²) in [5.74, 6) is -4.35. The Balaban J connectivity index is 0.00000235. The Labute approximate surface area is 260 Å². The van der Waals surface area contributed by atoms with Crippen LogP contribution in [0.2, 0.25) is 0 Å². The van der Waals surface area contributed by atoms with Gasteiger partial charge in [0.25, 0.3) is 0 Å². The molecule has 1 unspecified atom stereocenters. The van der Waals surface area contributed by atoms with Gasteiger partial charge in [-0.05, 0) is 23.8 Å². The molecule has 0 bridgehead atoms. The topological polar surface area (TPSA) is 238 Å². The van der Waals surface area contributed by atoms with Gasteiger partial charge in [0.05, 0.1) is 11.6 Å². The van der Waals surface area contributed by atoms with Crippen molar-refractivity contribution in [2.75, 3.05) is 6.61 Å². The van der Waals surface area contributed by atoms with E-state index in [9.17, 15) is 50.8 Å². The first-order valence-electron chi connectivity index (χ1n) is 13.5. The lowest BCUT2D eigenvalue weighted by Crippen LogP contribution is -2.60. The molecular formula is C32H31O14+. The first kappa shape index (κ1) is 33.4. The van der Waals surface area contributed by atoms with Gasteiger partial charge in [0.2, 0.25) is 12.0 Å². The normalized spacial score (nSPS) is 21.0. The van der Waals surface area contributed by atoms with Crippen LogP contribution in [0.5, 0.6) is 40.2 Å². The summed E-state index contributed by atoms with van der Waals surface area (Å²) in [6.45, 7) is 5.43. The minimum absolute atomic E-state index is 0.0190. The summed E-state index contributed by atoms with van der Waals surface area (Å²) in [6.07, 6.45) is -6.01. The number of hydrogen-bond acceptors (Lipinski definition) is 13. The highest BCUT2D eigenvalue weighted by Crippen LogP contribution is 2.44. The molecule has 1 saturated heterocycles. The quantitative estimate of drug-likeness (QED) is 0.0465. The number of ether oxygens (including phenoxy) is 3. The largest absolute Gasteiger partial charge is 0.508 e. The summed E-state index contributed by atoms with van der Waals surface area (Å²) in [5, 5.41) is 91.2. The van der Waals surface area contributed by atoms with Crippen LogP contribution in [0.3, 0.4) is 0 Å². The summed E-state index contributed by atoms with van der Waals surface area (Å²) in [5.41, 5.74) is 0.464. The molecule has 1 fully saturated rings. The Morgan fingerprint density at radius 1 is 0.826 bits per heavy atom. The lowest BCUT2D eigenvalue weighted by molar-refractivity contribution is -0.278. The maximum atomic E-state index is 12.3. The van der Waals surface area contributed by atoms with E-state index >= 15 is 0 Å². The van der Waals surface area contributed by atoms with E-state index in [1.165, 1.54) is 24.3 Å². The lowest BCUT2D eigenvalue weighted by Gasteiger charge is -2.39. The molecule has 1 aromatic heterocycles. The fraction of sp³-hybridized carbons (Fsp3) is 0.188. The van der Waals surface area contributed by atoms with Crippen LogP contribution in [0.4, 0.5) is 0 Å². The van der Waals surface area contributed by atoms with Crippen LogP contribution in [-0.2, 0) is 14.3 Å². The van der Waals surface area contributed by atoms with Gasteiger partial charge in [-0.25, -0.2) is 9.21 Å². The highest BCUT2D eigenvalue weighted by atomic mass is 16.7. The number of carbonyl (C=O) groups is 1. The molecule has 46 heavy (non-hydrogen) atoms. The lowest BCUT2D eigenvalue weighted by atomic mass is 9.99. The number of aliphatic hydroxyl groups is 3. The number of rotatable bonds is 7. The Morgan fingerprint density at radius 2 is 1.48 bits per heavy atom. The first-order valence-corrected chi connectivity index (χ1v) is 13.5. The van der Waals surface area contributed by atoms with E-state index in [1.54, 1.807) is 12.1 Å². The molecule has 0 radical (unpaired) electrons. The molecule has 1 aliphatic rings. The maximum Gasteiger partial charge on any atom is 0.402 e. The van der Waals surface area contributed by atoms with Crippen molar-refractivity contribution in [3.8, 4) is 51.6 Å². The van der Waals surface area contributed by atoms with Crippen LogP contribution >= 0.6 is 0 Å². The summed E-state index contributed by atoms with van der Waals surface area (Å²) >= 11 is 0. The van der Waals surface area contributed by atoms with Crippen LogP contribution in [0.25, 0.3) is 28.4 Å². The number of esters is 1. The molecule has 14 nitrogen and oxygen atoms in total. The van der Waals surface area contributed by atoms with Gasteiger partial charge >= 0.3 is 17.3 Å². The summed E-state index contributed by atoms with van der Waals surface area (Å²) in [6, 6.07) is 11.4. The Morgan fingerprint density at radius 3 is 2.13 bits per heavy atom. The van der Waals surface area contributed by atoms with Crippen molar-refractivity contribution < 1.29 is 69.4 Å². The minimum Gasteiger partial charge on any atom is -0.508 e. The molecule has 14 heteroatoms. The van der Waals surface area contributed by atoms with Crippen LogP contribution in [-0.4, -0.2) is 89.2 Å². The summed E-state index contributed by atoms with van der Waals surface area (Å²) in [7, 11) is 0. The molecule has 0 saturated carbocycles. The number of aromatic hydroxyl groups is 6. The molecular weight excluding hydrogens is 608 g/mol. The molecule has 0 amide bonds. The van der Waals surface area contributed by atoms with Crippen molar-refractivity contribution in [1.29, 1.82) is 0 Å². The fourth-order valence-electron chi connectivity index (χ4n) is 4.45. The Bertz CT molecular complexity index is 1710. The third-order valence-electron chi connectivity index (χ3n) is 6.75. The van der Waals surface area contributed by atoms with Crippen LogP contribution in [0, 0.1) is 0 Å². The van der Waals surface area contributed by atoms with E-state index in [1.807, 2.05) is 0 Å². The van der Waals surface area contributed by atoms with Crippen LogP contribution in [0.1, 0.15) is 5.56 Å². The first-order chi connectivity index (χ1) is 21.9. The monoisotopic (exact) mass is 639 g/mol. The zero-order valence-corrected chi connectivity index (χ0v) is 23.9. The minimum atomic E-state index is -1.86. The van der Waals surface area contributed by atoms with E-state index in [0.29, 0.717) is 5.56 Å². The number of fused-ring (bicyclic) bond motifs is 1. The molecule has 0 spiro atoms. The molecule has 1 aliphatic heterocycles. The Hall–Kier alpha value is -5.54. The standard InChI is InChI=1S/C30H26O14.C2H4/c31-15-4-1-13(2-5-15)3-6-24(36)41-12-23-26(38)27(39)28(40)30(44-23)43-22-11-17-18(33)9-16(32)10-21(17)42-29(22)14-7-19(34)25(37)20(35)8-14;1-2/h1-11,23,26-28,30,38-40H,12H2,(H5-,31,32,33,34,35,36,37);1-2H2/p+1/t23-,26-,27+,28-,30?;/m1./s1. The average Bonchev–Trinajstić information content (AvgIpc) is 3.03. The van der Waals surface area contributed by atoms with Crippen molar-refractivity contribution in [3.05, 3.63) is 79.4 Å². The van der Waals surface area contributed by atoms with Gasteiger partial charge in [-0.2, -0.15) is 0 Å². The van der Waals surface area contributed by atoms with Gasteiger partial charge in [-0.3, -0.25) is 0 Å².